The molecule has 0 bridgehead atoms. The van der Waals surface area contributed by atoms with Crippen LogP contribution in [0.15, 0.2) is 18.2 Å². The first-order valence-electron chi connectivity index (χ1n) is 8.06. The Morgan fingerprint density at radius 1 is 1.36 bits per heavy atom. The van der Waals surface area contributed by atoms with Crippen LogP contribution in [0.1, 0.15) is 35.7 Å². The molecule has 1 unspecified atom stereocenters. The van der Waals surface area contributed by atoms with Gasteiger partial charge in [0.05, 0.1) is 18.9 Å². The summed E-state index contributed by atoms with van der Waals surface area (Å²) >= 11 is 0. The lowest BCUT2D eigenvalue weighted by Crippen LogP contribution is -2.45. The molecule has 1 aromatic carbocycles. The minimum absolute atomic E-state index is 0.0202. The van der Waals surface area contributed by atoms with Gasteiger partial charge < -0.3 is 14.7 Å². The summed E-state index contributed by atoms with van der Waals surface area (Å²) in [6.45, 7) is 1.94. The number of carboxylic acids is 1. The zero-order valence-electron chi connectivity index (χ0n) is 13.8. The van der Waals surface area contributed by atoms with E-state index in [9.17, 15) is 22.8 Å². The minimum Gasteiger partial charge on any atom is -0.493 e. The van der Waals surface area contributed by atoms with Crippen LogP contribution in [-0.2, 0) is 11.2 Å². The molecular weight excluding hydrogens is 339 g/mol. The Kier molecular flexibility index (Phi) is 5.92. The van der Waals surface area contributed by atoms with Crippen LogP contribution in [0.3, 0.4) is 0 Å². The zero-order chi connectivity index (χ0) is 18.6. The summed E-state index contributed by atoms with van der Waals surface area (Å²) in [5.74, 6) is -2.89. The second kappa shape index (κ2) is 7.76. The first-order valence-corrected chi connectivity index (χ1v) is 8.06. The highest BCUT2D eigenvalue weighted by Crippen LogP contribution is 2.33. The maximum Gasteiger partial charge on any atom is 0.393 e. The molecule has 1 amide bonds. The molecule has 138 valence electrons. The van der Waals surface area contributed by atoms with Gasteiger partial charge in [0.1, 0.15) is 11.3 Å². The maximum atomic E-state index is 12.9. The number of nitrogens with zero attached hydrogens (tertiary/aromatic N) is 1. The third-order valence-corrected chi connectivity index (χ3v) is 4.17. The van der Waals surface area contributed by atoms with Gasteiger partial charge in [-0.3, -0.25) is 4.79 Å². The monoisotopic (exact) mass is 359 g/mol. The first kappa shape index (κ1) is 19.1. The number of amides is 1. The normalized spacial score (nSPS) is 18.1. The number of aromatic carboxylic acids is 1. The van der Waals surface area contributed by atoms with Gasteiger partial charge in [0.25, 0.3) is 0 Å². The molecule has 0 spiro atoms. The van der Waals surface area contributed by atoms with Crippen molar-refractivity contribution in [2.45, 2.75) is 32.4 Å². The Labute approximate surface area is 143 Å². The third-order valence-electron chi connectivity index (χ3n) is 4.17. The van der Waals surface area contributed by atoms with E-state index in [0.29, 0.717) is 18.5 Å². The van der Waals surface area contributed by atoms with Crippen molar-refractivity contribution < 1.29 is 32.6 Å². The van der Waals surface area contributed by atoms with Gasteiger partial charge in [0, 0.05) is 13.1 Å². The van der Waals surface area contributed by atoms with Crippen molar-refractivity contribution >= 4 is 11.9 Å². The predicted octanol–water partition coefficient (Wildman–Crippen LogP) is 3.13. The molecule has 0 aromatic heterocycles. The van der Waals surface area contributed by atoms with Crippen LogP contribution in [0.2, 0.25) is 0 Å². The Balaban J connectivity index is 2.09. The highest BCUT2D eigenvalue weighted by Gasteiger charge is 2.42. The smallest absolute Gasteiger partial charge is 0.393 e. The maximum absolute atomic E-state index is 12.9. The number of carbonyl (C=O) groups is 2. The molecule has 1 aliphatic rings. The van der Waals surface area contributed by atoms with E-state index in [2.05, 4.69) is 0 Å². The van der Waals surface area contributed by atoms with E-state index in [-0.39, 0.29) is 37.3 Å². The quantitative estimate of drug-likeness (QED) is 0.877. The number of rotatable bonds is 5. The van der Waals surface area contributed by atoms with Gasteiger partial charge in [-0.15, -0.1) is 0 Å². The number of hydrogen-bond donors (Lipinski definition) is 1. The molecule has 1 aromatic rings. The fourth-order valence-corrected chi connectivity index (χ4v) is 2.89. The van der Waals surface area contributed by atoms with Gasteiger partial charge in [0.2, 0.25) is 5.91 Å². The molecular formula is C17H20F3NO4. The first-order chi connectivity index (χ1) is 11.7. The fourth-order valence-electron chi connectivity index (χ4n) is 2.89. The summed E-state index contributed by atoms with van der Waals surface area (Å²) in [6.07, 6.45) is -4.04. The second-order valence-electron chi connectivity index (χ2n) is 5.97. The Bertz CT molecular complexity index is 645. The summed E-state index contributed by atoms with van der Waals surface area (Å²) < 4.78 is 43.8. The van der Waals surface area contributed by atoms with Crippen molar-refractivity contribution in [1.29, 1.82) is 0 Å². The molecule has 1 heterocycles. The molecule has 0 radical (unpaired) electrons. The second-order valence-corrected chi connectivity index (χ2v) is 5.97. The highest BCUT2D eigenvalue weighted by atomic mass is 19.4. The van der Waals surface area contributed by atoms with Crippen molar-refractivity contribution in [3.8, 4) is 5.75 Å². The Morgan fingerprint density at radius 2 is 2.08 bits per heavy atom. The van der Waals surface area contributed by atoms with Gasteiger partial charge in [-0.1, -0.05) is 6.07 Å². The molecule has 1 atom stereocenters. The fraction of sp³-hybridized carbons (Fsp3) is 0.529. The molecule has 25 heavy (non-hydrogen) atoms. The van der Waals surface area contributed by atoms with Gasteiger partial charge >= 0.3 is 12.1 Å². The Morgan fingerprint density at radius 3 is 2.68 bits per heavy atom. The molecule has 0 saturated carbocycles. The van der Waals surface area contributed by atoms with Gasteiger partial charge in [-0.2, -0.15) is 13.2 Å². The largest absolute Gasteiger partial charge is 0.493 e. The average molecular weight is 359 g/mol. The van der Waals surface area contributed by atoms with E-state index in [1.54, 1.807) is 6.92 Å². The van der Waals surface area contributed by atoms with Crippen molar-refractivity contribution in [1.82, 2.24) is 4.90 Å². The topological polar surface area (TPSA) is 66.8 Å². The molecule has 1 N–H and O–H groups in total. The molecule has 8 heteroatoms. The van der Waals surface area contributed by atoms with Crippen molar-refractivity contribution in [2.75, 3.05) is 19.7 Å². The summed E-state index contributed by atoms with van der Waals surface area (Å²) in [5.41, 5.74) is 0.487. The number of piperidine rings is 1. The zero-order valence-corrected chi connectivity index (χ0v) is 13.8. The van der Waals surface area contributed by atoms with Crippen LogP contribution in [0.5, 0.6) is 5.75 Å². The lowest BCUT2D eigenvalue weighted by Gasteiger charge is -2.33. The number of hydrogen-bond acceptors (Lipinski definition) is 3. The van der Waals surface area contributed by atoms with E-state index in [4.69, 9.17) is 9.84 Å². The summed E-state index contributed by atoms with van der Waals surface area (Å²) in [4.78, 5) is 24.7. The number of likely N-dealkylation sites (tertiary alicyclic amines) is 1. The van der Waals surface area contributed by atoms with Crippen LogP contribution in [0.4, 0.5) is 13.2 Å². The van der Waals surface area contributed by atoms with Crippen LogP contribution >= 0.6 is 0 Å². The van der Waals surface area contributed by atoms with E-state index in [0.717, 1.165) is 0 Å². The lowest BCUT2D eigenvalue weighted by atomic mass is 9.97. The molecule has 1 fully saturated rings. The number of ether oxygens (including phenoxy) is 1. The average Bonchev–Trinajstić information content (AvgIpc) is 2.54. The number of carboxylic acid groups (broad SMARTS) is 1. The molecule has 1 aliphatic heterocycles. The van der Waals surface area contributed by atoms with Crippen molar-refractivity contribution in [3.63, 3.8) is 0 Å². The number of halogens is 3. The van der Waals surface area contributed by atoms with Gasteiger partial charge in [-0.25, -0.2) is 4.79 Å². The lowest BCUT2D eigenvalue weighted by molar-refractivity contribution is -0.187. The summed E-state index contributed by atoms with van der Waals surface area (Å²) in [7, 11) is 0. The van der Waals surface area contributed by atoms with E-state index in [1.807, 2.05) is 0 Å². The summed E-state index contributed by atoms with van der Waals surface area (Å²) in [5, 5.41) is 9.11. The Hall–Kier alpha value is -2.25. The van der Waals surface area contributed by atoms with E-state index in [1.165, 1.54) is 23.1 Å². The summed E-state index contributed by atoms with van der Waals surface area (Å²) in [6, 6.07) is 4.27. The van der Waals surface area contributed by atoms with E-state index >= 15 is 0 Å². The van der Waals surface area contributed by atoms with E-state index < -0.39 is 24.0 Å². The van der Waals surface area contributed by atoms with Crippen LogP contribution < -0.4 is 4.74 Å². The molecule has 2 rings (SSSR count). The number of carbonyl (C=O) groups excluding carboxylic acids is 1. The number of alkyl halides is 3. The van der Waals surface area contributed by atoms with Gasteiger partial charge in [0.15, 0.2) is 0 Å². The molecule has 1 saturated heterocycles. The van der Waals surface area contributed by atoms with Crippen LogP contribution in [-0.4, -0.2) is 47.8 Å². The predicted molar refractivity (Wildman–Crippen MR) is 83.6 cm³/mol. The van der Waals surface area contributed by atoms with Crippen molar-refractivity contribution in [3.05, 3.63) is 29.3 Å². The highest BCUT2D eigenvalue weighted by molar-refractivity contribution is 5.91. The molecule has 0 aliphatic carbocycles. The van der Waals surface area contributed by atoms with Crippen LogP contribution in [0.25, 0.3) is 0 Å². The van der Waals surface area contributed by atoms with Gasteiger partial charge in [-0.05, 0) is 37.5 Å². The standard InChI is InChI=1S/C17H20F3NO4/c1-2-25-14-8-11(5-6-13(14)16(23)24)9-15(22)21-7-3-4-12(10-21)17(18,19)20/h5-6,8,12H,2-4,7,9-10H2,1H3,(H,23,24). The van der Waals surface area contributed by atoms with Crippen LogP contribution in [0, 0.1) is 5.92 Å². The third kappa shape index (κ3) is 4.87. The number of benzene rings is 1. The SMILES string of the molecule is CCOc1cc(CC(=O)N2CCCC(C(F)(F)F)C2)ccc1C(=O)O. The molecule has 5 nitrogen and oxygen atoms in total. The van der Waals surface area contributed by atoms with Crippen molar-refractivity contribution in [2.24, 2.45) is 5.92 Å². The minimum atomic E-state index is -4.30.